The highest BCUT2D eigenvalue weighted by Crippen LogP contribution is 2.22. The van der Waals surface area contributed by atoms with Crippen molar-refractivity contribution in [3.63, 3.8) is 0 Å². The molecule has 1 heterocycles. The van der Waals surface area contributed by atoms with Crippen LogP contribution in [0, 0.1) is 0 Å². The fourth-order valence-corrected chi connectivity index (χ4v) is 1.64. The summed E-state index contributed by atoms with van der Waals surface area (Å²) in [6.45, 7) is 2.00. The topological polar surface area (TPSA) is 34.1 Å². The Morgan fingerprint density at radius 2 is 2.12 bits per heavy atom. The first-order valence-corrected chi connectivity index (χ1v) is 6.21. The normalized spacial score (nSPS) is 10.4. The summed E-state index contributed by atoms with van der Waals surface area (Å²) < 4.78 is 5.22. The van der Waals surface area contributed by atoms with Crippen molar-refractivity contribution in [2.45, 2.75) is 6.42 Å². The summed E-state index contributed by atoms with van der Waals surface area (Å²) in [4.78, 5) is 4.07. The van der Waals surface area contributed by atoms with Gasteiger partial charge in [-0.3, -0.25) is 0 Å². The molecule has 6 heteroatoms. The van der Waals surface area contributed by atoms with Gasteiger partial charge < -0.3 is 10.1 Å². The van der Waals surface area contributed by atoms with Crippen LogP contribution in [-0.4, -0.2) is 30.6 Å². The largest absolute Gasteiger partial charge is 0.380 e. The maximum absolute atomic E-state index is 5.93. The van der Waals surface area contributed by atoms with E-state index in [0.717, 1.165) is 13.0 Å². The van der Waals surface area contributed by atoms with E-state index < -0.39 is 0 Å². The monoisotopic (exact) mass is 282 g/mol. The van der Waals surface area contributed by atoms with Crippen molar-refractivity contribution in [1.29, 1.82) is 0 Å². The number of ether oxygens (including phenoxy) is 1. The van der Waals surface area contributed by atoms with E-state index in [-0.39, 0.29) is 0 Å². The van der Waals surface area contributed by atoms with Crippen LogP contribution in [0.1, 0.15) is 6.42 Å². The molecule has 0 aliphatic heterocycles. The number of aromatic nitrogens is 1. The molecule has 0 unspecified atom stereocenters. The molecule has 1 aromatic heterocycles. The first-order chi connectivity index (χ1) is 7.74. The second-order valence-corrected chi connectivity index (χ2v) is 4.29. The number of rotatable bonds is 7. The average Bonchev–Trinajstić information content (AvgIpc) is 2.26. The maximum atomic E-state index is 5.93. The molecule has 0 radical (unpaired) electrons. The van der Waals surface area contributed by atoms with E-state index in [1.54, 1.807) is 12.3 Å². The Hall–Kier alpha value is -0.220. The van der Waals surface area contributed by atoms with Crippen molar-refractivity contribution in [2.24, 2.45) is 0 Å². The van der Waals surface area contributed by atoms with Crippen LogP contribution in [0.15, 0.2) is 12.3 Å². The van der Waals surface area contributed by atoms with Crippen LogP contribution < -0.4 is 5.32 Å². The lowest BCUT2D eigenvalue weighted by Gasteiger charge is -2.07. The Morgan fingerprint density at radius 3 is 2.81 bits per heavy atom. The van der Waals surface area contributed by atoms with Gasteiger partial charge in [0.15, 0.2) is 0 Å². The van der Waals surface area contributed by atoms with Crippen molar-refractivity contribution in [3.05, 3.63) is 22.3 Å². The smallest absolute Gasteiger partial charge is 0.144 e. The summed E-state index contributed by atoms with van der Waals surface area (Å²) in [5.41, 5.74) is 0. The number of alkyl halides is 1. The zero-order valence-electron chi connectivity index (χ0n) is 8.68. The minimum Gasteiger partial charge on any atom is -0.380 e. The van der Waals surface area contributed by atoms with Crippen molar-refractivity contribution >= 4 is 40.6 Å². The zero-order chi connectivity index (χ0) is 11.8. The highest BCUT2D eigenvalue weighted by molar-refractivity contribution is 6.35. The molecule has 0 saturated carbocycles. The number of anilines is 1. The molecule has 0 aromatic carbocycles. The summed E-state index contributed by atoms with van der Waals surface area (Å²) in [6.07, 6.45) is 2.43. The van der Waals surface area contributed by atoms with Crippen molar-refractivity contribution in [2.75, 3.05) is 31.0 Å². The zero-order valence-corrected chi connectivity index (χ0v) is 10.9. The van der Waals surface area contributed by atoms with Gasteiger partial charge in [0, 0.05) is 25.2 Å². The number of nitrogens with zero attached hydrogens (tertiary/aromatic N) is 1. The third-order valence-corrected chi connectivity index (χ3v) is 2.44. The van der Waals surface area contributed by atoms with Crippen molar-refractivity contribution < 1.29 is 4.74 Å². The van der Waals surface area contributed by atoms with Gasteiger partial charge in [-0.1, -0.05) is 23.2 Å². The number of halogens is 3. The SMILES string of the molecule is ClCCOCCCNc1ncc(Cl)cc1Cl. The lowest BCUT2D eigenvalue weighted by atomic mass is 10.4. The fraction of sp³-hybridized carbons (Fsp3) is 0.500. The summed E-state index contributed by atoms with van der Waals surface area (Å²) >= 11 is 17.1. The molecule has 0 spiro atoms. The molecule has 0 fully saturated rings. The molecule has 1 aromatic rings. The Bertz CT molecular complexity index is 323. The standard InChI is InChI=1S/C10H13Cl3N2O/c11-2-5-16-4-1-3-14-10-9(13)6-8(12)7-15-10/h6-7H,1-5H2,(H,14,15). The summed E-state index contributed by atoms with van der Waals surface area (Å²) in [6, 6.07) is 1.66. The Morgan fingerprint density at radius 1 is 1.31 bits per heavy atom. The lowest BCUT2D eigenvalue weighted by molar-refractivity contribution is 0.149. The van der Waals surface area contributed by atoms with Gasteiger partial charge in [-0.15, -0.1) is 11.6 Å². The van der Waals surface area contributed by atoms with E-state index in [2.05, 4.69) is 10.3 Å². The van der Waals surface area contributed by atoms with E-state index in [4.69, 9.17) is 39.5 Å². The quantitative estimate of drug-likeness (QED) is 0.615. The van der Waals surface area contributed by atoms with E-state index in [9.17, 15) is 0 Å². The molecule has 3 nitrogen and oxygen atoms in total. The maximum Gasteiger partial charge on any atom is 0.144 e. The van der Waals surface area contributed by atoms with Crippen LogP contribution in [0.5, 0.6) is 0 Å². The first kappa shape index (κ1) is 13.8. The third kappa shape index (κ3) is 5.21. The van der Waals surface area contributed by atoms with E-state index >= 15 is 0 Å². The minimum atomic E-state index is 0.522. The molecule has 90 valence electrons. The Labute approximate surface area is 110 Å². The highest BCUT2D eigenvalue weighted by atomic mass is 35.5. The molecule has 1 rings (SSSR count). The van der Waals surface area contributed by atoms with E-state index in [1.807, 2.05) is 0 Å². The highest BCUT2D eigenvalue weighted by Gasteiger charge is 2.01. The molecule has 0 aliphatic carbocycles. The fourth-order valence-electron chi connectivity index (χ4n) is 1.08. The predicted molar refractivity (Wildman–Crippen MR) is 68.9 cm³/mol. The summed E-state index contributed by atoms with van der Waals surface area (Å²) in [5, 5.41) is 4.15. The summed E-state index contributed by atoms with van der Waals surface area (Å²) in [5.74, 6) is 1.17. The van der Waals surface area contributed by atoms with Crippen LogP contribution in [0.25, 0.3) is 0 Å². The number of hydrogen-bond donors (Lipinski definition) is 1. The van der Waals surface area contributed by atoms with Crippen LogP contribution in [0.2, 0.25) is 10.0 Å². The second-order valence-electron chi connectivity index (χ2n) is 3.07. The van der Waals surface area contributed by atoms with Gasteiger partial charge in [-0.25, -0.2) is 4.98 Å². The van der Waals surface area contributed by atoms with Gasteiger partial charge >= 0.3 is 0 Å². The molecule has 0 amide bonds. The van der Waals surface area contributed by atoms with Gasteiger partial charge in [0.2, 0.25) is 0 Å². The van der Waals surface area contributed by atoms with Gasteiger partial charge in [0.25, 0.3) is 0 Å². The average molecular weight is 284 g/mol. The molecular weight excluding hydrogens is 270 g/mol. The molecule has 1 N–H and O–H groups in total. The van der Waals surface area contributed by atoms with Crippen molar-refractivity contribution in [1.82, 2.24) is 4.98 Å². The lowest BCUT2D eigenvalue weighted by Crippen LogP contribution is -2.08. The van der Waals surface area contributed by atoms with Gasteiger partial charge in [0.05, 0.1) is 16.7 Å². The van der Waals surface area contributed by atoms with E-state index in [1.165, 1.54) is 0 Å². The van der Waals surface area contributed by atoms with Gasteiger partial charge in [-0.2, -0.15) is 0 Å². The molecule has 0 saturated heterocycles. The van der Waals surface area contributed by atoms with E-state index in [0.29, 0.717) is 35.0 Å². The van der Waals surface area contributed by atoms with Crippen molar-refractivity contribution in [3.8, 4) is 0 Å². The van der Waals surface area contributed by atoms with Crippen LogP contribution in [0.4, 0.5) is 5.82 Å². The van der Waals surface area contributed by atoms with Crippen LogP contribution in [-0.2, 0) is 4.74 Å². The van der Waals surface area contributed by atoms with Gasteiger partial charge in [0.1, 0.15) is 5.82 Å². The first-order valence-electron chi connectivity index (χ1n) is 4.92. The van der Waals surface area contributed by atoms with Crippen LogP contribution >= 0.6 is 34.8 Å². The third-order valence-electron chi connectivity index (χ3n) is 1.79. The second kappa shape index (κ2) is 7.96. The Balaban J connectivity index is 2.21. The summed E-state index contributed by atoms with van der Waals surface area (Å²) in [7, 11) is 0. The molecule has 0 atom stereocenters. The molecular formula is C10H13Cl3N2O. The molecule has 16 heavy (non-hydrogen) atoms. The number of hydrogen-bond acceptors (Lipinski definition) is 3. The Kier molecular flexibility index (Phi) is 6.88. The molecule has 0 bridgehead atoms. The number of pyridine rings is 1. The molecule has 0 aliphatic rings. The predicted octanol–water partition coefficient (Wildman–Crippen LogP) is 3.45. The van der Waals surface area contributed by atoms with Gasteiger partial charge in [-0.05, 0) is 12.5 Å². The number of nitrogens with one attached hydrogen (secondary N) is 1. The van der Waals surface area contributed by atoms with Crippen LogP contribution in [0.3, 0.4) is 0 Å². The minimum absolute atomic E-state index is 0.522.